The van der Waals surface area contributed by atoms with Crippen LogP contribution in [-0.2, 0) is 11.2 Å². The molecule has 0 bridgehead atoms. The quantitative estimate of drug-likeness (QED) is 0.922. The summed E-state index contributed by atoms with van der Waals surface area (Å²) in [6.07, 6.45) is 4.31. The van der Waals surface area contributed by atoms with Crippen LogP contribution in [0.2, 0.25) is 0 Å². The number of carbonyl (C=O) groups is 1. The standard InChI is InChI=1S/C15H22N2O.ClH/c1-12(16)15(18)17-11-5-8-14(17)10-9-13-6-3-2-4-7-13;/h2-4,6-7,12,14H,5,8-11,16H2,1H3;1H/t12-,14?;/m0./s1. The average molecular weight is 283 g/mol. The van der Waals surface area contributed by atoms with Crippen molar-refractivity contribution in [2.75, 3.05) is 6.54 Å². The Kier molecular flexibility index (Phi) is 6.32. The number of aryl methyl sites for hydroxylation is 1. The van der Waals surface area contributed by atoms with Crippen molar-refractivity contribution < 1.29 is 4.79 Å². The molecular weight excluding hydrogens is 260 g/mol. The summed E-state index contributed by atoms with van der Waals surface area (Å²) in [6, 6.07) is 10.5. The fraction of sp³-hybridized carbons (Fsp3) is 0.533. The Hall–Kier alpha value is -1.06. The molecule has 1 aliphatic heterocycles. The monoisotopic (exact) mass is 282 g/mol. The molecule has 0 spiro atoms. The second kappa shape index (κ2) is 7.51. The van der Waals surface area contributed by atoms with Gasteiger partial charge in [-0.15, -0.1) is 12.4 Å². The molecular formula is C15H23ClN2O. The molecule has 1 aliphatic rings. The van der Waals surface area contributed by atoms with Crippen molar-refractivity contribution in [1.82, 2.24) is 4.90 Å². The van der Waals surface area contributed by atoms with Crippen LogP contribution in [-0.4, -0.2) is 29.4 Å². The van der Waals surface area contributed by atoms with E-state index in [-0.39, 0.29) is 24.4 Å². The molecule has 0 saturated carbocycles. The minimum Gasteiger partial charge on any atom is -0.338 e. The highest BCUT2D eigenvalue weighted by Crippen LogP contribution is 2.22. The fourth-order valence-electron chi connectivity index (χ4n) is 2.67. The molecule has 2 N–H and O–H groups in total. The van der Waals surface area contributed by atoms with Gasteiger partial charge in [-0.05, 0) is 38.2 Å². The topological polar surface area (TPSA) is 46.3 Å². The summed E-state index contributed by atoms with van der Waals surface area (Å²) >= 11 is 0. The highest BCUT2D eigenvalue weighted by molar-refractivity contribution is 5.85. The third kappa shape index (κ3) is 4.22. The molecule has 19 heavy (non-hydrogen) atoms. The molecule has 0 aromatic heterocycles. The number of benzene rings is 1. The van der Waals surface area contributed by atoms with Crippen LogP contribution in [0.5, 0.6) is 0 Å². The van der Waals surface area contributed by atoms with Crippen molar-refractivity contribution in [2.24, 2.45) is 5.73 Å². The van der Waals surface area contributed by atoms with Crippen molar-refractivity contribution in [3.05, 3.63) is 35.9 Å². The third-order valence-electron chi connectivity index (χ3n) is 3.66. The van der Waals surface area contributed by atoms with Gasteiger partial charge in [0.15, 0.2) is 0 Å². The summed E-state index contributed by atoms with van der Waals surface area (Å²) in [6.45, 7) is 2.65. The molecule has 2 rings (SSSR count). The lowest BCUT2D eigenvalue weighted by Gasteiger charge is -2.26. The lowest BCUT2D eigenvalue weighted by molar-refractivity contribution is -0.133. The highest BCUT2D eigenvalue weighted by atomic mass is 35.5. The first-order valence-corrected chi connectivity index (χ1v) is 6.78. The van der Waals surface area contributed by atoms with Crippen molar-refractivity contribution >= 4 is 18.3 Å². The van der Waals surface area contributed by atoms with E-state index in [1.165, 1.54) is 5.56 Å². The molecule has 1 heterocycles. The number of halogens is 1. The molecule has 4 heteroatoms. The van der Waals surface area contributed by atoms with Gasteiger partial charge in [-0.2, -0.15) is 0 Å². The molecule has 1 unspecified atom stereocenters. The molecule has 1 aromatic rings. The Bertz CT molecular complexity index is 394. The number of amides is 1. The summed E-state index contributed by atoms with van der Waals surface area (Å²) in [5.41, 5.74) is 7.04. The maximum atomic E-state index is 12.0. The smallest absolute Gasteiger partial charge is 0.239 e. The third-order valence-corrected chi connectivity index (χ3v) is 3.66. The van der Waals surface area contributed by atoms with Gasteiger partial charge in [0.2, 0.25) is 5.91 Å². The molecule has 0 aliphatic carbocycles. The van der Waals surface area contributed by atoms with Crippen LogP contribution in [0.15, 0.2) is 30.3 Å². The molecule has 3 nitrogen and oxygen atoms in total. The Balaban J connectivity index is 0.00000180. The Morgan fingerprint density at radius 2 is 2.11 bits per heavy atom. The molecule has 106 valence electrons. The van der Waals surface area contributed by atoms with Crippen LogP contribution < -0.4 is 5.73 Å². The molecule has 1 amide bonds. The first-order valence-electron chi connectivity index (χ1n) is 6.78. The summed E-state index contributed by atoms with van der Waals surface area (Å²) in [5.74, 6) is 0.102. The molecule has 2 atom stereocenters. The van der Waals surface area contributed by atoms with E-state index >= 15 is 0 Å². The minimum atomic E-state index is -0.373. The summed E-state index contributed by atoms with van der Waals surface area (Å²) < 4.78 is 0. The number of hydrogen-bond donors (Lipinski definition) is 1. The highest BCUT2D eigenvalue weighted by Gasteiger charge is 2.29. The van der Waals surface area contributed by atoms with E-state index in [4.69, 9.17) is 5.73 Å². The van der Waals surface area contributed by atoms with Crippen molar-refractivity contribution in [1.29, 1.82) is 0 Å². The van der Waals surface area contributed by atoms with Gasteiger partial charge >= 0.3 is 0 Å². The Labute approximate surface area is 121 Å². The molecule has 0 radical (unpaired) electrons. The molecule has 1 saturated heterocycles. The van der Waals surface area contributed by atoms with E-state index < -0.39 is 0 Å². The van der Waals surface area contributed by atoms with Gasteiger partial charge < -0.3 is 10.6 Å². The van der Waals surface area contributed by atoms with Gasteiger partial charge in [0.1, 0.15) is 0 Å². The Morgan fingerprint density at radius 1 is 1.42 bits per heavy atom. The predicted molar refractivity (Wildman–Crippen MR) is 80.4 cm³/mol. The lowest BCUT2D eigenvalue weighted by Crippen LogP contribution is -2.44. The van der Waals surface area contributed by atoms with Crippen molar-refractivity contribution in [3.63, 3.8) is 0 Å². The van der Waals surface area contributed by atoms with Crippen LogP contribution in [0.25, 0.3) is 0 Å². The van der Waals surface area contributed by atoms with Gasteiger partial charge in [0, 0.05) is 12.6 Å². The van der Waals surface area contributed by atoms with E-state index in [1.807, 2.05) is 11.0 Å². The number of nitrogens with two attached hydrogens (primary N) is 1. The number of nitrogens with zero attached hydrogens (tertiary/aromatic N) is 1. The van der Waals surface area contributed by atoms with Gasteiger partial charge in [0.05, 0.1) is 6.04 Å². The number of likely N-dealkylation sites (tertiary alicyclic amines) is 1. The van der Waals surface area contributed by atoms with E-state index in [1.54, 1.807) is 6.92 Å². The van der Waals surface area contributed by atoms with E-state index in [2.05, 4.69) is 24.3 Å². The van der Waals surface area contributed by atoms with E-state index in [0.717, 1.165) is 32.2 Å². The van der Waals surface area contributed by atoms with Crippen LogP contribution in [0.1, 0.15) is 31.7 Å². The first kappa shape index (κ1) is 16.0. The number of hydrogen-bond acceptors (Lipinski definition) is 2. The van der Waals surface area contributed by atoms with Crippen LogP contribution in [0, 0.1) is 0 Å². The zero-order chi connectivity index (χ0) is 13.0. The lowest BCUT2D eigenvalue weighted by atomic mass is 10.0. The van der Waals surface area contributed by atoms with Gasteiger partial charge in [-0.25, -0.2) is 0 Å². The average Bonchev–Trinajstić information content (AvgIpc) is 2.84. The molecule has 1 aromatic carbocycles. The zero-order valence-corrected chi connectivity index (χ0v) is 12.2. The molecule has 1 fully saturated rings. The maximum absolute atomic E-state index is 12.0. The first-order chi connectivity index (χ1) is 8.68. The summed E-state index contributed by atoms with van der Waals surface area (Å²) in [7, 11) is 0. The van der Waals surface area contributed by atoms with Crippen molar-refractivity contribution in [3.8, 4) is 0 Å². The van der Waals surface area contributed by atoms with Gasteiger partial charge in [0.25, 0.3) is 0 Å². The zero-order valence-electron chi connectivity index (χ0n) is 11.4. The SMILES string of the molecule is C[C@H](N)C(=O)N1CCCC1CCc1ccccc1.Cl. The number of rotatable bonds is 4. The second-order valence-corrected chi connectivity index (χ2v) is 5.14. The minimum absolute atomic E-state index is 0. The van der Waals surface area contributed by atoms with Gasteiger partial charge in [-0.1, -0.05) is 30.3 Å². The summed E-state index contributed by atoms with van der Waals surface area (Å²) in [4.78, 5) is 13.9. The largest absolute Gasteiger partial charge is 0.338 e. The van der Waals surface area contributed by atoms with E-state index in [9.17, 15) is 4.79 Å². The summed E-state index contributed by atoms with van der Waals surface area (Å²) in [5, 5.41) is 0. The normalized spacial score (nSPS) is 19.9. The number of carbonyl (C=O) groups excluding carboxylic acids is 1. The predicted octanol–water partition coefficient (Wildman–Crippen LogP) is 2.38. The van der Waals surface area contributed by atoms with Crippen molar-refractivity contribution in [2.45, 2.75) is 44.7 Å². The van der Waals surface area contributed by atoms with Crippen LogP contribution in [0.3, 0.4) is 0 Å². The Morgan fingerprint density at radius 3 is 2.74 bits per heavy atom. The van der Waals surface area contributed by atoms with Gasteiger partial charge in [-0.3, -0.25) is 4.79 Å². The van der Waals surface area contributed by atoms with E-state index in [0.29, 0.717) is 6.04 Å². The second-order valence-electron chi connectivity index (χ2n) is 5.14. The maximum Gasteiger partial charge on any atom is 0.239 e. The van der Waals surface area contributed by atoms with Crippen LogP contribution >= 0.6 is 12.4 Å². The fourth-order valence-corrected chi connectivity index (χ4v) is 2.67. The van der Waals surface area contributed by atoms with Crippen LogP contribution in [0.4, 0.5) is 0 Å².